The monoisotopic (exact) mass is 488 g/mol. The molecule has 0 bridgehead atoms. The van der Waals surface area contributed by atoms with Crippen LogP contribution in [-0.2, 0) is 4.74 Å². The van der Waals surface area contributed by atoms with Gasteiger partial charge in [-0.1, -0.05) is 32.9 Å². The van der Waals surface area contributed by atoms with Crippen molar-refractivity contribution in [3.05, 3.63) is 45.9 Å². The Bertz CT molecular complexity index is 1020. The predicted molar refractivity (Wildman–Crippen MR) is 135 cm³/mol. The first-order chi connectivity index (χ1) is 15.2. The highest BCUT2D eigenvalue weighted by Gasteiger charge is 2.39. The highest BCUT2D eigenvalue weighted by atomic mass is 32.1. The molecular weight excluding hydrogens is 452 g/mol. The molecule has 1 aromatic carbocycles. The summed E-state index contributed by atoms with van der Waals surface area (Å²) in [7, 11) is -2.01. The molecule has 0 saturated carbocycles. The van der Waals surface area contributed by atoms with Crippen LogP contribution in [0.25, 0.3) is 0 Å². The lowest BCUT2D eigenvalue weighted by molar-refractivity contribution is 0.0224. The lowest BCUT2D eigenvalue weighted by atomic mass is 10.1. The molecule has 3 rings (SSSR count). The van der Waals surface area contributed by atoms with Crippen LogP contribution in [0.5, 0.6) is 5.75 Å². The molecule has 1 aliphatic rings. The largest absolute Gasteiger partial charge is 0.543 e. The van der Waals surface area contributed by atoms with Crippen molar-refractivity contribution in [2.24, 2.45) is 0 Å². The van der Waals surface area contributed by atoms with Crippen LogP contribution in [0, 0.1) is 0 Å². The van der Waals surface area contributed by atoms with Gasteiger partial charge in [0.05, 0.1) is 6.04 Å². The van der Waals surface area contributed by atoms with E-state index in [0.717, 1.165) is 23.6 Å². The Morgan fingerprint density at radius 2 is 1.85 bits per heavy atom. The summed E-state index contributed by atoms with van der Waals surface area (Å²) in [4.78, 5) is 32.2. The zero-order chi connectivity index (χ0) is 24.6. The molecule has 1 atom stereocenters. The molecule has 0 spiro atoms. The lowest BCUT2D eigenvalue weighted by Crippen LogP contribution is -2.43. The number of carbonyl (C=O) groups is 2. The molecule has 0 aliphatic carbocycles. The molecule has 33 heavy (non-hydrogen) atoms. The van der Waals surface area contributed by atoms with Gasteiger partial charge in [-0.15, -0.1) is 11.3 Å². The van der Waals surface area contributed by atoms with Gasteiger partial charge in [0.15, 0.2) is 0 Å². The zero-order valence-electron chi connectivity index (χ0n) is 21.0. The number of thiazole rings is 1. The van der Waals surface area contributed by atoms with Crippen molar-refractivity contribution in [3.63, 3.8) is 0 Å². The van der Waals surface area contributed by atoms with Gasteiger partial charge in [-0.2, -0.15) is 0 Å². The van der Waals surface area contributed by atoms with Crippen molar-refractivity contribution in [2.75, 3.05) is 6.54 Å². The van der Waals surface area contributed by atoms with Crippen molar-refractivity contribution in [2.45, 2.75) is 84.2 Å². The summed E-state index contributed by atoms with van der Waals surface area (Å²) < 4.78 is 11.9. The highest BCUT2D eigenvalue weighted by molar-refractivity contribution is 7.10. The first kappa shape index (κ1) is 25.4. The third kappa shape index (κ3) is 6.03. The number of ketones is 1. The van der Waals surface area contributed by atoms with E-state index in [4.69, 9.17) is 9.16 Å². The predicted octanol–water partition coefficient (Wildman–Crippen LogP) is 6.83. The number of benzene rings is 1. The van der Waals surface area contributed by atoms with E-state index >= 15 is 0 Å². The fourth-order valence-electron chi connectivity index (χ4n) is 3.40. The van der Waals surface area contributed by atoms with Crippen molar-refractivity contribution >= 4 is 31.5 Å². The van der Waals surface area contributed by atoms with Crippen molar-refractivity contribution < 1.29 is 18.8 Å². The second-order valence-electron chi connectivity index (χ2n) is 11.1. The Balaban J connectivity index is 1.77. The van der Waals surface area contributed by atoms with Crippen LogP contribution in [0.3, 0.4) is 0 Å². The maximum Gasteiger partial charge on any atom is 0.410 e. The average Bonchev–Trinajstić information content (AvgIpc) is 3.34. The third-order valence-electron chi connectivity index (χ3n) is 6.20. The van der Waals surface area contributed by atoms with E-state index in [1.165, 1.54) is 11.3 Å². The second-order valence-corrected chi connectivity index (χ2v) is 16.7. The minimum absolute atomic E-state index is 0.0676. The standard InChI is InChI=1S/C25H36N2O4SSi/c1-24(2,3)30-23(29)27-14-10-13-20(27)22-26-19(16-32-22)21(28)17-11-9-12-18(15-17)31-33(7,8)25(4,5)6/h9,11-12,15-16,20H,10,13-14H2,1-8H3. The van der Waals surface area contributed by atoms with Gasteiger partial charge in [0.2, 0.25) is 14.1 Å². The van der Waals surface area contributed by atoms with Gasteiger partial charge < -0.3 is 9.16 Å². The second kappa shape index (κ2) is 9.22. The number of likely N-dealkylation sites (tertiary alicyclic amines) is 1. The molecule has 0 N–H and O–H groups in total. The summed E-state index contributed by atoms with van der Waals surface area (Å²) in [5.41, 5.74) is 0.403. The smallest absolute Gasteiger partial charge is 0.410 e. The highest BCUT2D eigenvalue weighted by Crippen LogP contribution is 2.38. The normalized spacial score (nSPS) is 17.2. The summed E-state index contributed by atoms with van der Waals surface area (Å²) >= 11 is 1.42. The topological polar surface area (TPSA) is 68.7 Å². The number of ether oxygens (including phenoxy) is 1. The van der Waals surface area contributed by atoms with E-state index in [1.54, 1.807) is 16.3 Å². The van der Waals surface area contributed by atoms with Gasteiger partial charge >= 0.3 is 6.09 Å². The van der Waals surface area contributed by atoms with Gasteiger partial charge in [-0.05, 0) is 63.9 Å². The molecule has 1 amide bonds. The Morgan fingerprint density at radius 3 is 2.48 bits per heavy atom. The zero-order valence-corrected chi connectivity index (χ0v) is 22.8. The van der Waals surface area contributed by atoms with Crippen LogP contribution in [0.4, 0.5) is 4.79 Å². The SMILES string of the molecule is CC(C)(C)OC(=O)N1CCCC1c1nc(C(=O)c2cccc(O[Si](C)(C)C(C)(C)C)c2)cs1. The van der Waals surface area contributed by atoms with Crippen LogP contribution in [-0.4, -0.2) is 42.2 Å². The number of aromatic nitrogens is 1. The molecule has 1 aromatic heterocycles. The third-order valence-corrected chi connectivity index (χ3v) is 11.5. The molecule has 1 aliphatic heterocycles. The molecule has 0 radical (unpaired) electrons. The number of amides is 1. The van der Waals surface area contributed by atoms with Gasteiger partial charge in [0, 0.05) is 17.5 Å². The van der Waals surface area contributed by atoms with E-state index < -0.39 is 13.9 Å². The van der Waals surface area contributed by atoms with E-state index in [1.807, 2.05) is 39.0 Å². The van der Waals surface area contributed by atoms with Crippen molar-refractivity contribution in [3.8, 4) is 5.75 Å². The molecule has 2 aromatic rings. The number of carbonyl (C=O) groups excluding carboxylic acids is 2. The van der Waals surface area contributed by atoms with E-state index in [-0.39, 0.29) is 23.0 Å². The molecular formula is C25H36N2O4SSi. The molecule has 2 heterocycles. The summed E-state index contributed by atoms with van der Waals surface area (Å²) in [5, 5.41) is 2.62. The number of hydrogen-bond donors (Lipinski definition) is 0. The fourth-order valence-corrected chi connectivity index (χ4v) is 5.37. The maximum absolute atomic E-state index is 13.2. The minimum Gasteiger partial charge on any atom is -0.543 e. The molecule has 1 fully saturated rings. The summed E-state index contributed by atoms with van der Waals surface area (Å²) in [5.74, 6) is 0.579. The average molecular weight is 489 g/mol. The Hall–Kier alpha value is -2.19. The quantitative estimate of drug-likeness (QED) is 0.341. The first-order valence-corrected chi connectivity index (χ1v) is 15.3. The van der Waals surface area contributed by atoms with Crippen LogP contribution >= 0.6 is 11.3 Å². The molecule has 6 nitrogen and oxygen atoms in total. The summed E-state index contributed by atoms with van der Waals surface area (Å²) in [6, 6.07) is 7.21. The number of hydrogen-bond acceptors (Lipinski definition) is 6. The van der Waals surface area contributed by atoms with E-state index in [0.29, 0.717) is 17.8 Å². The summed E-state index contributed by atoms with van der Waals surface area (Å²) in [6.45, 7) is 17.2. The van der Waals surface area contributed by atoms with Crippen molar-refractivity contribution in [1.29, 1.82) is 0 Å². The van der Waals surface area contributed by atoms with Crippen LogP contribution in [0.15, 0.2) is 29.6 Å². The van der Waals surface area contributed by atoms with Crippen LogP contribution < -0.4 is 4.43 Å². The van der Waals surface area contributed by atoms with E-state index in [2.05, 4.69) is 38.8 Å². The molecule has 1 saturated heterocycles. The maximum atomic E-state index is 13.2. The van der Waals surface area contributed by atoms with Crippen LogP contribution in [0.2, 0.25) is 18.1 Å². The molecule has 8 heteroatoms. The van der Waals surface area contributed by atoms with Gasteiger partial charge in [0.25, 0.3) is 0 Å². The Labute approximate surface area is 202 Å². The van der Waals surface area contributed by atoms with Gasteiger partial charge in [-0.3, -0.25) is 9.69 Å². The number of nitrogens with zero attached hydrogens (tertiary/aromatic N) is 2. The fraction of sp³-hybridized carbons (Fsp3) is 0.560. The molecule has 180 valence electrons. The Morgan fingerprint density at radius 1 is 1.15 bits per heavy atom. The summed E-state index contributed by atoms with van der Waals surface area (Å²) in [6.07, 6.45) is 1.37. The first-order valence-electron chi connectivity index (χ1n) is 11.5. The Kier molecular flexibility index (Phi) is 7.10. The number of rotatable bonds is 5. The lowest BCUT2D eigenvalue weighted by Gasteiger charge is -2.36. The van der Waals surface area contributed by atoms with Gasteiger partial charge in [-0.25, -0.2) is 9.78 Å². The van der Waals surface area contributed by atoms with Gasteiger partial charge in [0.1, 0.15) is 22.1 Å². The van der Waals surface area contributed by atoms with Crippen LogP contribution in [0.1, 0.15) is 81.5 Å². The van der Waals surface area contributed by atoms with E-state index in [9.17, 15) is 9.59 Å². The molecule has 1 unspecified atom stereocenters. The minimum atomic E-state index is -2.01. The van der Waals surface area contributed by atoms with Crippen molar-refractivity contribution in [1.82, 2.24) is 9.88 Å².